The fourth-order valence-electron chi connectivity index (χ4n) is 2.64. The van der Waals surface area contributed by atoms with Crippen molar-refractivity contribution >= 4 is 0 Å². The Bertz CT molecular complexity index is 934. The van der Waals surface area contributed by atoms with Crippen molar-refractivity contribution in [2.75, 3.05) is 0 Å². The molecule has 0 aromatic carbocycles. The van der Waals surface area contributed by atoms with Crippen molar-refractivity contribution in [3.63, 3.8) is 0 Å². The van der Waals surface area contributed by atoms with Crippen LogP contribution in [-0.4, -0.2) is 44.8 Å². The predicted molar refractivity (Wildman–Crippen MR) is 108 cm³/mol. The van der Waals surface area contributed by atoms with Gasteiger partial charge >= 0.3 is 19.5 Å². The molecule has 10 heteroatoms. The van der Waals surface area contributed by atoms with Gasteiger partial charge in [0.05, 0.1) is 11.4 Å². The molecule has 152 valence electrons. The topological polar surface area (TPSA) is 111 Å². The Hall–Kier alpha value is -3.49. The van der Waals surface area contributed by atoms with E-state index in [-0.39, 0.29) is 31.2 Å². The molecule has 5 aromatic rings. The van der Waals surface area contributed by atoms with Gasteiger partial charge in [-0.15, -0.1) is 0 Å². The van der Waals surface area contributed by atoms with Crippen molar-refractivity contribution in [1.82, 2.24) is 39.3 Å². The van der Waals surface area contributed by atoms with Crippen LogP contribution in [-0.2, 0) is 19.5 Å². The second-order valence-electron chi connectivity index (χ2n) is 5.73. The summed E-state index contributed by atoms with van der Waals surface area (Å²) < 4.78 is 5.38. The van der Waals surface area contributed by atoms with Gasteiger partial charge in [-0.1, -0.05) is 12.1 Å². The number of nitrogens with zero attached hydrogens (tertiary/aromatic N) is 8. The fourth-order valence-corrected chi connectivity index (χ4v) is 2.64. The van der Waals surface area contributed by atoms with Crippen molar-refractivity contribution < 1.29 is 25.0 Å². The summed E-state index contributed by atoms with van der Waals surface area (Å²) in [7, 11) is 0. The van der Waals surface area contributed by atoms with Crippen LogP contribution in [0.2, 0.25) is 0 Å². The second-order valence-corrected chi connectivity index (χ2v) is 5.73. The van der Waals surface area contributed by atoms with Gasteiger partial charge < -0.3 is 5.48 Å². The molecule has 0 unspecified atom stereocenters. The Balaban J connectivity index is 0.000000207. The van der Waals surface area contributed by atoms with Crippen LogP contribution < -0.4 is 0 Å². The number of hydrogen-bond acceptors (Lipinski definition) is 5. The summed E-state index contributed by atoms with van der Waals surface area (Å²) in [6.07, 6.45) is 14.2. The molecule has 5 rings (SSSR count). The average molecular weight is 490 g/mol. The molecule has 0 saturated carbocycles. The van der Waals surface area contributed by atoms with Crippen molar-refractivity contribution in [2.24, 2.45) is 0 Å². The van der Waals surface area contributed by atoms with Crippen LogP contribution in [0.25, 0.3) is 11.4 Å². The van der Waals surface area contributed by atoms with Gasteiger partial charge in [0.15, 0.2) is 0 Å². The molecule has 0 fully saturated rings. The van der Waals surface area contributed by atoms with E-state index in [1.165, 1.54) is 0 Å². The van der Waals surface area contributed by atoms with Crippen molar-refractivity contribution in [3.8, 4) is 11.4 Å². The standard InChI is InChI=1S/C10H10N6.C10H8N2.H2O.Ru/c1-4-11-14(7-1)10(15-8-2-5-12-15)16-9-3-6-13-16;1-3-7-11-9(5-1)10-6-2-4-8-12-10;;/h1-10H;1-8H;1H2;/q;;;+2. The van der Waals surface area contributed by atoms with Crippen LogP contribution in [0.5, 0.6) is 0 Å². The Morgan fingerprint density at radius 2 is 0.933 bits per heavy atom. The van der Waals surface area contributed by atoms with E-state index in [1.54, 1.807) is 45.0 Å². The molecule has 30 heavy (non-hydrogen) atoms. The zero-order valence-electron chi connectivity index (χ0n) is 15.8. The van der Waals surface area contributed by atoms with E-state index >= 15 is 0 Å². The molecule has 0 aliphatic carbocycles. The van der Waals surface area contributed by atoms with Crippen LogP contribution in [0, 0.1) is 0 Å². The van der Waals surface area contributed by atoms with E-state index in [9.17, 15) is 0 Å². The summed E-state index contributed by atoms with van der Waals surface area (Å²) in [4.78, 5) is 8.37. The molecule has 0 spiro atoms. The third-order valence-electron chi connectivity index (χ3n) is 3.88. The summed E-state index contributed by atoms with van der Waals surface area (Å²) >= 11 is 0. The first-order valence-electron chi connectivity index (χ1n) is 8.71. The molecule has 9 nitrogen and oxygen atoms in total. The zero-order chi connectivity index (χ0) is 19.0. The minimum atomic E-state index is -0.194. The maximum Gasteiger partial charge on any atom is 2.00 e. The van der Waals surface area contributed by atoms with Crippen LogP contribution in [0.4, 0.5) is 0 Å². The monoisotopic (exact) mass is 490 g/mol. The smallest absolute Gasteiger partial charge is 0.412 e. The Morgan fingerprint density at radius 3 is 1.20 bits per heavy atom. The molecule has 0 radical (unpaired) electrons. The molecule has 0 saturated heterocycles. The Labute approximate surface area is 186 Å². The molecule has 5 aromatic heterocycles. The van der Waals surface area contributed by atoms with Crippen molar-refractivity contribution in [1.29, 1.82) is 0 Å². The summed E-state index contributed by atoms with van der Waals surface area (Å²) in [6, 6.07) is 17.2. The third-order valence-corrected chi connectivity index (χ3v) is 3.88. The van der Waals surface area contributed by atoms with Crippen molar-refractivity contribution in [2.45, 2.75) is 6.29 Å². The van der Waals surface area contributed by atoms with Gasteiger partial charge in [-0.2, -0.15) is 15.3 Å². The van der Waals surface area contributed by atoms with E-state index < -0.39 is 0 Å². The SMILES string of the molecule is O.[Ru+2].c1ccc(-c2ccccn2)nc1.c1cnn(C(n2cccn2)n2cccn2)c1. The first kappa shape index (κ1) is 22.8. The van der Waals surface area contributed by atoms with Gasteiger partial charge in [0.25, 0.3) is 0 Å². The quantitative estimate of drug-likeness (QED) is 0.359. The first-order chi connectivity index (χ1) is 13.9. The molecule has 2 N–H and O–H groups in total. The third kappa shape index (κ3) is 5.53. The maximum atomic E-state index is 4.22. The van der Waals surface area contributed by atoms with Crippen LogP contribution in [0.15, 0.2) is 104 Å². The largest absolute Gasteiger partial charge is 2.00 e. The molecule has 0 aliphatic rings. The van der Waals surface area contributed by atoms with E-state index in [0.717, 1.165) is 11.4 Å². The molecular formula is C20H20N8ORu+2. The van der Waals surface area contributed by atoms with Gasteiger partial charge in [-0.25, -0.2) is 14.0 Å². The van der Waals surface area contributed by atoms with Crippen LogP contribution >= 0.6 is 0 Å². The predicted octanol–water partition coefficient (Wildman–Crippen LogP) is 2.15. The molecule has 0 bridgehead atoms. The summed E-state index contributed by atoms with van der Waals surface area (Å²) in [5.41, 5.74) is 1.83. The minimum absolute atomic E-state index is 0. The van der Waals surface area contributed by atoms with E-state index in [2.05, 4.69) is 25.3 Å². The van der Waals surface area contributed by atoms with Gasteiger partial charge in [-0.3, -0.25) is 9.97 Å². The molecule has 5 heterocycles. The minimum Gasteiger partial charge on any atom is -0.412 e. The van der Waals surface area contributed by atoms with Crippen LogP contribution in [0.1, 0.15) is 6.29 Å². The molecular weight excluding hydrogens is 469 g/mol. The van der Waals surface area contributed by atoms with E-state index in [1.807, 2.05) is 73.2 Å². The van der Waals surface area contributed by atoms with Crippen molar-refractivity contribution in [3.05, 3.63) is 104 Å². The number of rotatable bonds is 4. The first-order valence-corrected chi connectivity index (χ1v) is 8.71. The van der Waals surface area contributed by atoms with Gasteiger partial charge in [0, 0.05) is 49.6 Å². The second kappa shape index (κ2) is 11.5. The molecule has 0 aliphatic heterocycles. The summed E-state index contributed by atoms with van der Waals surface area (Å²) in [6.45, 7) is 0. The van der Waals surface area contributed by atoms with Crippen LogP contribution in [0.3, 0.4) is 0 Å². The van der Waals surface area contributed by atoms with E-state index in [0.29, 0.717) is 0 Å². The Kier molecular flexibility index (Phi) is 8.74. The van der Waals surface area contributed by atoms with E-state index in [4.69, 9.17) is 0 Å². The maximum absolute atomic E-state index is 4.22. The summed E-state index contributed by atoms with van der Waals surface area (Å²) in [5, 5.41) is 12.7. The molecule has 0 amide bonds. The average Bonchev–Trinajstić information content (AvgIpc) is 3.55. The molecule has 0 atom stereocenters. The number of aromatic nitrogens is 8. The number of pyridine rings is 2. The van der Waals surface area contributed by atoms with Gasteiger partial charge in [-0.05, 0) is 42.5 Å². The summed E-state index contributed by atoms with van der Waals surface area (Å²) in [5.74, 6) is 0. The van der Waals surface area contributed by atoms with Gasteiger partial charge in [0.1, 0.15) is 0 Å². The fraction of sp³-hybridized carbons (Fsp3) is 0.0500. The zero-order valence-corrected chi connectivity index (χ0v) is 17.6. The number of hydrogen-bond donors (Lipinski definition) is 0. The van der Waals surface area contributed by atoms with Gasteiger partial charge in [0.2, 0.25) is 6.29 Å². The normalized spacial score (nSPS) is 9.77. The Morgan fingerprint density at radius 1 is 0.533 bits per heavy atom.